The van der Waals surface area contributed by atoms with Crippen molar-refractivity contribution >= 4 is 17.9 Å². The van der Waals surface area contributed by atoms with Crippen molar-refractivity contribution in [2.75, 3.05) is 13.2 Å². The van der Waals surface area contributed by atoms with Crippen LogP contribution >= 0.6 is 0 Å². The van der Waals surface area contributed by atoms with E-state index in [4.69, 9.17) is 14.2 Å². The second-order valence-corrected chi connectivity index (χ2v) is 23.4. The Balaban J connectivity index is 4.31. The molecule has 0 bridgehead atoms. The zero-order chi connectivity index (χ0) is 57.1. The van der Waals surface area contributed by atoms with Crippen LogP contribution in [0.15, 0.2) is 60.8 Å². The van der Waals surface area contributed by atoms with Gasteiger partial charge in [0.25, 0.3) is 0 Å². The molecule has 0 aliphatic carbocycles. The number of esters is 3. The normalized spacial score (nSPS) is 12.4. The molecular formula is C73H132O6. The van der Waals surface area contributed by atoms with Gasteiger partial charge in [0, 0.05) is 19.3 Å². The third-order valence-corrected chi connectivity index (χ3v) is 15.5. The van der Waals surface area contributed by atoms with E-state index in [1.165, 1.54) is 238 Å². The molecule has 0 heterocycles. The first kappa shape index (κ1) is 76.1. The van der Waals surface area contributed by atoms with E-state index in [0.29, 0.717) is 19.3 Å². The SMILES string of the molecule is CC/C=C\C/C=C\C/C=C\C/C=C\CCCCCCCCCCCCC(=O)OCC(COC(=O)CCCCCCC/C=C\CCCCCCCC)OC(=O)CCCCCCCCCCCCCCCCCCCCCCCCC. The second-order valence-electron chi connectivity index (χ2n) is 23.4. The maximum absolute atomic E-state index is 13.0. The number of carbonyl (C=O) groups is 3. The second kappa shape index (κ2) is 67.6. The Labute approximate surface area is 491 Å². The topological polar surface area (TPSA) is 78.9 Å². The maximum atomic E-state index is 13.0. The molecule has 0 aromatic heterocycles. The predicted octanol–water partition coefficient (Wildman–Crippen LogP) is 23.9. The maximum Gasteiger partial charge on any atom is 0.306 e. The number of hydrogen-bond donors (Lipinski definition) is 0. The van der Waals surface area contributed by atoms with Crippen molar-refractivity contribution in [3.8, 4) is 0 Å². The molecule has 1 unspecified atom stereocenters. The number of ether oxygens (including phenoxy) is 3. The fourth-order valence-corrected chi connectivity index (χ4v) is 10.3. The Morgan fingerprint density at radius 2 is 0.494 bits per heavy atom. The molecule has 0 spiro atoms. The number of carbonyl (C=O) groups excluding carboxylic acids is 3. The summed E-state index contributed by atoms with van der Waals surface area (Å²) >= 11 is 0. The van der Waals surface area contributed by atoms with Crippen molar-refractivity contribution < 1.29 is 28.6 Å². The first-order chi connectivity index (χ1) is 39.0. The van der Waals surface area contributed by atoms with E-state index in [9.17, 15) is 14.4 Å². The van der Waals surface area contributed by atoms with Gasteiger partial charge in [-0.1, -0.05) is 326 Å². The monoisotopic (exact) mass is 1110 g/mol. The van der Waals surface area contributed by atoms with Crippen LogP contribution in [-0.4, -0.2) is 37.2 Å². The molecule has 0 saturated carbocycles. The Kier molecular flexibility index (Phi) is 65.1. The van der Waals surface area contributed by atoms with Crippen LogP contribution in [0.25, 0.3) is 0 Å². The number of allylic oxidation sites excluding steroid dienone is 10. The molecule has 0 amide bonds. The summed E-state index contributed by atoms with van der Waals surface area (Å²) in [5, 5.41) is 0. The van der Waals surface area contributed by atoms with Gasteiger partial charge in [-0.25, -0.2) is 0 Å². The molecule has 0 aromatic rings. The van der Waals surface area contributed by atoms with Gasteiger partial charge < -0.3 is 14.2 Å². The standard InChI is InChI=1S/C73H132O6/c1-4-7-10-13-16-19-22-25-28-30-32-34-36-38-40-42-45-48-51-54-57-60-63-66-72(75)78-69-70(68-77-71(74)65-62-59-56-53-50-47-44-27-24-21-18-15-12-9-6-3)79-73(76)67-64-61-58-55-52-49-46-43-41-39-37-35-33-31-29-26-23-20-17-14-11-8-5-2/h7,10,16,19,25,27-28,32,34,44,70H,4-6,8-9,11-15,17-18,20-24,26,29-31,33,35-43,45-69H2,1-3H3/b10-7-,19-16-,28-25-,34-32-,44-27-. The first-order valence-electron chi connectivity index (χ1n) is 34.8. The lowest BCUT2D eigenvalue weighted by molar-refractivity contribution is -0.167. The van der Waals surface area contributed by atoms with Gasteiger partial charge >= 0.3 is 17.9 Å². The minimum atomic E-state index is -0.779. The highest BCUT2D eigenvalue weighted by atomic mass is 16.6. The fourth-order valence-electron chi connectivity index (χ4n) is 10.3. The number of hydrogen-bond acceptors (Lipinski definition) is 6. The van der Waals surface area contributed by atoms with Crippen LogP contribution in [0.1, 0.15) is 367 Å². The molecule has 0 radical (unpaired) electrons. The van der Waals surface area contributed by atoms with Crippen LogP contribution in [0.5, 0.6) is 0 Å². The summed E-state index contributed by atoms with van der Waals surface area (Å²) in [7, 11) is 0. The van der Waals surface area contributed by atoms with Gasteiger partial charge in [0.2, 0.25) is 0 Å². The average Bonchev–Trinajstić information content (AvgIpc) is 3.45. The summed E-state index contributed by atoms with van der Waals surface area (Å²) in [5.74, 6) is -0.863. The van der Waals surface area contributed by atoms with E-state index in [2.05, 4.69) is 81.5 Å². The third kappa shape index (κ3) is 65.8. The van der Waals surface area contributed by atoms with Crippen molar-refractivity contribution in [1.82, 2.24) is 0 Å². The minimum Gasteiger partial charge on any atom is -0.462 e. The summed E-state index contributed by atoms with van der Waals surface area (Å²) in [6.45, 7) is 6.58. The lowest BCUT2D eigenvalue weighted by atomic mass is 10.0. The van der Waals surface area contributed by atoms with Crippen LogP contribution in [0, 0.1) is 0 Å². The first-order valence-corrected chi connectivity index (χ1v) is 34.8. The Morgan fingerprint density at radius 3 is 0.785 bits per heavy atom. The molecule has 6 nitrogen and oxygen atoms in total. The third-order valence-electron chi connectivity index (χ3n) is 15.5. The molecule has 1 atom stereocenters. The summed E-state index contributed by atoms with van der Waals surface area (Å²) in [4.78, 5) is 38.4. The fraction of sp³-hybridized carbons (Fsp3) is 0.822. The molecule has 0 rings (SSSR count). The van der Waals surface area contributed by atoms with Gasteiger partial charge in [-0.05, 0) is 83.5 Å². The highest BCUT2D eigenvalue weighted by Crippen LogP contribution is 2.18. The molecule has 79 heavy (non-hydrogen) atoms. The number of rotatable bonds is 64. The van der Waals surface area contributed by atoms with Gasteiger partial charge in [-0.15, -0.1) is 0 Å². The smallest absolute Gasteiger partial charge is 0.306 e. The van der Waals surface area contributed by atoms with E-state index in [0.717, 1.165) is 89.9 Å². The molecule has 0 aliphatic heterocycles. The molecule has 6 heteroatoms. The lowest BCUT2D eigenvalue weighted by Gasteiger charge is -2.18. The highest BCUT2D eigenvalue weighted by Gasteiger charge is 2.19. The summed E-state index contributed by atoms with van der Waals surface area (Å²) in [5.41, 5.74) is 0. The van der Waals surface area contributed by atoms with E-state index >= 15 is 0 Å². The predicted molar refractivity (Wildman–Crippen MR) is 344 cm³/mol. The molecule has 460 valence electrons. The lowest BCUT2D eigenvalue weighted by Crippen LogP contribution is -2.30. The van der Waals surface area contributed by atoms with Crippen molar-refractivity contribution in [1.29, 1.82) is 0 Å². The minimum absolute atomic E-state index is 0.0753. The van der Waals surface area contributed by atoms with Crippen molar-refractivity contribution in [3.05, 3.63) is 60.8 Å². The van der Waals surface area contributed by atoms with Crippen LogP contribution < -0.4 is 0 Å². The van der Waals surface area contributed by atoms with Gasteiger partial charge in [0.15, 0.2) is 6.10 Å². The molecule has 0 saturated heterocycles. The van der Waals surface area contributed by atoms with Crippen molar-refractivity contribution in [3.63, 3.8) is 0 Å². The van der Waals surface area contributed by atoms with Crippen molar-refractivity contribution in [2.45, 2.75) is 374 Å². The number of unbranched alkanes of at least 4 members (excludes halogenated alkanes) is 43. The quantitative estimate of drug-likeness (QED) is 0.0261. The van der Waals surface area contributed by atoms with E-state index in [-0.39, 0.29) is 31.1 Å². The highest BCUT2D eigenvalue weighted by molar-refractivity contribution is 5.71. The van der Waals surface area contributed by atoms with Crippen LogP contribution in [0.4, 0.5) is 0 Å². The summed E-state index contributed by atoms with van der Waals surface area (Å²) < 4.78 is 17.0. The van der Waals surface area contributed by atoms with E-state index in [1.807, 2.05) is 0 Å². The molecule has 0 N–H and O–H groups in total. The average molecular weight is 1110 g/mol. The molecule has 0 aromatic carbocycles. The van der Waals surface area contributed by atoms with Crippen molar-refractivity contribution in [2.24, 2.45) is 0 Å². The largest absolute Gasteiger partial charge is 0.462 e. The van der Waals surface area contributed by atoms with Crippen LogP contribution in [0.3, 0.4) is 0 Å². The van der Waals surface area contributed by atoms with Gasteiger partial charge in [0.05, 0.1) is 0 Å². The summed E-state index contributed by atoms with van der Waals surface area (Å²) in [6.07, 6.45) is 86.7. The Hall–Kier alpha value is -2.89. The molecular weight excluding hydrogens is 973 g/mol. The zero-order valence-corrected chi connectivity index (χ0v) is 52.9. The van der Waals surface area contributed by atoms with Crippen LogP contribution in [-0.2, 0) is 28.6 Å². The van der Waals surface area contributed by atoms with Crippen LogP contribution in [0.2, 0.25) is 0 Å². The van der Waals surface area contributed by atoms with E-state index in [1.54, 1.807) is 0 Å². The Bertz CT molecular complexity index is 1410. The molecule has 0 aliphatic rings. The summed E-state index contributed by atoms with van der Waals surface area (Å²) in [6, 6.07) is 0. The van der Waals surface area contributed by atoms with E-state index < -0.39 is 6.10 Å². The Morgan fingerprint density at radius 1 is 0.266 bits per heavy atom. The molecule has 0 fully saturated rings. The van der Waals surface area contributed by atoms with Gasteiger partial charge in [0.1, 0.15) is 13.2 Å². The van der Waals surface area contributed by atoms with Gasteiger partial charge in [-0.2, -0.15) is 0 Å². The van der Waals surface area contributed by atoms with Gasteiger partial charge in [-0.3, -0.25) is 14.4 Å². The zero-order valence-electron chi connectivity index (χ0n) is 52.9.